The maximum absolute atomic E-state index is 11.7. The summed E-state index contributed by atoms with van der Waals surface area (Å²) >= 11 is 3.48. The molecule has 0 heterocycles. The summed E-state index contributed by atoms with van der Waals surface area (Å²) in [6, 6.07) is 0. The molecule has 1 atom stereocenters. The molecule has 0 amide bonds. The first-order valence-electron chi connectivity index (χ1n) is 4.51. The first kappa shape index (κ1) is 14.6. The van der Waals surface area contributed by atoms with Crippen LogP contribution in [-0.4, -0.2) is 29.2 Å². The van der Waals surface area contributed by atoms with Crippen LogP contribution in [0.25, 0.3) is 0 Å². The number of hydrogen-bond donors (Lipinski definition) is 1. The van der Waals surface area contributed by atoms with Crippen LogP contribution in [0, 0.1) is 0 Å². The van der Waals surface area contributed by atoms with Crippen molar-refractivity contribution in [3.8, 4) is 0 Å². The predicted molar refractivity (Wildman–Crippen MR) is 59.0 cm³/mol. The van der Waals surface area contributed by atoms with Crippen molar-refractivity contribution in [1.29, 1.82) is 0 Å². The average Bonchev–Trinajstić information content (AvgIpc) is 2.08. The average molecular weight is 294 g/mol. The summed E-state index contributed by atoms with van der Waals surface area (Å²) in [5, 5.41) is 2.97. The number of nitrogens with one attached hydrogen (secondary N) is 1. The quantitative estimate of drug-likeness (QED) is 0.570. The molecule has 0 aliphatic carbocycles. The Hall–Kier alpha value is 0.580. The summed E-state index contributed by atoms with van der Waals surface area (Å²) in [6.45, 7) is 3.24. The van der Waals surface area contributed by atoms with Crippen molar-refractivity contribution in [2.24, 2.45) is 0 Å². The van der Waals surface area contributed by atoms with Crippen LogP contribution in [0.3, 0.4) is 0 Å². The first-order chi connectivity index (χ1) is 6.45. The maximum Gasteiger partial charge on any atom is 0.441 e. The SMILES string of the molecule is CCC(Br)CCNCCSC(F)(F)F. The second-order valence-corrected chi connectivity index (χ2v) is 5.29. The molecule has 1 N–H and O–H groups in total. The van der Waals surface area contributed by atoms with Gasteiger partial charge >= 0.3 is 5.51 Å². The standard InChI is InChI=1S/C8H15BrF3NS/c1-2-7(9)3-4-13-5-6-14-8(10,11)12/h7,13H,2-6H2,1H3. The molecule has 0 saturated heterocycles. The molecule has 0 saturated carbocycles. The summed E-state index contributed by atoms with van der Waals surface area (Å²) < 4.78 is 35.0. The molecule has 0 aromatic heterocycles. The smallest absolute Gasteiger partial charge is 0.316 e. The summed E-state index contributed by atoms with van der Waals surface area (Å²) in [5.74, 6) is 0.0859. The lowest BCUT2D eigenvalue weighted by Gasteiger charge is -2.08. The Bertz CT molecular complexity index is 143. The summed E-state index contributed by atoms with van der Waals surface area (Å²) in [6.07, 6.45) is 1.99. The minimum absolute atomic E-state index is 0.0239. The van der Waals surface area contributed by atoms with Crippen molar-refractivity contribution >= 4 is 27.7 Å². The van der Waals surface area contributed by atoms with E-state index in [1.165, 1.54) is 0 Å². The number of alkyl halides is 4. The second kappa shape index (κ2) is 7.82. The van der Waals surface area contributed by atoms with Gasteiger partial charge in [0.2, 0.25) is 0 Å². The molecule has 86 valence electrons. The Kier molecular flexibility index (Phi) is 8.14. The molecule has 0 bridgehead atoms. The number of rotatable bonds is 7. The molecule has 14 heavy (non-hydrogen) atoms. The van der Waals surface area contributed by atoms with E-state index in [-0.39, 0.29) is 17.5 Å². The molecule has 0 rings (SSSR count). The molecule has 0 aromatic rings. The minimum Gasteiger partial charge on any atom is -0.316 e. The summed E-state index contributed by atoms with van der Waals surface area (Å²) in [7, 11) is 0. The third-order valence-electron chi connectivity index (χ3n) is 1.62. The first-order valence-corrected chi connectivity index (χ1v) is 6.41. The molecule has 0 radical (unpaired) electrons. The third-order valence-corrected chi connectivity index (χ3v) is 3.46. The van der Waals surface area contributed by atoms with E-state index in [1.54, 1.807) is 0 Å². The van der Waals surface area contributed by atoms with Gasteiger partial charge in [-0.2, -0.15) is 13.2 Å². The molecule has 0 spiro atoms. The van der Waals surface area contributed by atoms with E-state index in [2.05, 4.69) is 28.2 Å². The van der Waals surface area contributed by atoms with Gasteiger partial charge in [0.05, 0.1) is 0 Å². The van der Waals surface area contributed by atoms with Crippen LogP contribution in [0.15, 0.2) is 0 Å². The lowest BCUT2D eigenvalue weighted by Crippen LogP contribution is -2.21. The van der Waals surface area contributed by atoms with Gasteiger partial charge in [0.15, 0.2) is 0 Å². The summed E-state index contributed by atoms with van der Waals surface area (Å²) in [4.78, 5) is 0.463. The van der Waals surface area contributed by atoms with Crippen LogP contribution in [0.4, 0.5) is 13.2 Å². The van der Waals surface area contributed by atoms with Crippen LogP contribution in [-0.2, 0) is 0 Å². The van der Waals surface area contributed by atoms with E-state index < -0.39 is 5.51 Å². The third kappa shape index (κ3) is 10.7. The largest absolute Gasteiger partial charge is 0.441 e. The van der Waals surface area contributed by atoms with E-state index in [9.17, 15) is 13.2 Å². The molecule has 0 aromatic carbocycles. The summed E-state index contributed by atoms with van der Waals surface area (Å²) in [5.41, 5.74) is -4.09. The fourth-order valence-electron chi connectivity index (χ4n) is 0.827. The highest BCUT2D eigenvalue weighted by atomic mass is 79.9. The lowest BCUT2D eigenvalue weighted by molar-refractivity contribution is -0.0327. The van der Waals surface area contributed by atoms with E-state index in [0.717, 1.165) is 19.4 Å². The van der Waals surface area contributed by atoms with Crippen LogP contribution < -0.4 is 5.32 Å². The highest BCUT2D eigenvalue weighted by Gasteiger charge is 2.27. The topological polar surface area (TPSA) is 12.0 Å². The zero-order chi connectivity index (χ0) is 11.0. The van der Waals surface area contributed by atoms with Crippen molar-refractivity contribution in [2.45, 2.75) is 30.1 Å². The lowest BCUT2D eigenvalue weighted by atomic mass is 10.2. The van der Waals surface area contributed by atoms with E-state index in [4.69, 9.17) is 0 Å². The number of hydrogen-bond acceptors (Lipinski definition) is 2. The molecular formula is C8H15BrF3NS. The fourth-order valence-corrected chi connectivity index (χ4v) is 1.53. The normalized spacial score (nSPS) is 14.4. The van der Waals surface area contributed by atoms with Crippen molar-refractivity contribution in [3.63, 3.8) is 0 Å². The number of halogens is 4. The van der Waals surface area contributed by atoms with Crippen LogP contribution in [0.2, 0.25) is 0 Å². The minimum atomic E-state index is -4.09. The highest BCUT2D eigenvalue weighted by molar-refractivity contribution is 9.09. The Morgan fingerprint density at radius 2 is 2.00 bits per heavy atom. The molecule has 1 nitrogen and oxygen atoms in total. The molecular weight excluding hydrogens is 279 g/mol. The molecule has 6 heteroatoms. The van der Waals surface area contributed by atoms with Gasteiger partial charge in [-0.25, -0.2) is 0 Å². The predicted octanol–water partition coefficient (Wildman–Crippen LogP) is 3.39. The van der Waals surface area contributed by atoms with E-state index in [0.29, 0.717) is 11.4 Å². The van der Waals surface area contributed by atoms with Gasteiger partial charge in [-0.05, 0) is 31.1 Å². The van der Waals surface area contributed by atoms with E-state index in [1.807, 2.05) is 0 Å². The molecule has 0 aliphatic heterocycles. The van der Waals surface area contributed by atoms with Gasteiger partial charge in [-0.3, -0.25) is 0 Å². The Balaban J connectivity index is 3.14. The maximum atomic E-state index is 11.7. The van der Waals surface area contributed by atoms with Crippen molar-refractivity contribution in [1.82, 2.24) is 5.32 Å². The Morgan fingerprint density at radius 1 is 1.36 bits per heavy atom. The zero-order valence-electron chi connectivity index (χ0n) is 8.03. The fraction of sp³-hybridized carbons (Fsp3) is 1.00. The monoisotopic (exact) mass is 293 g/mol. The van der Waals surface area contributed by atoms with Crippen LogP contribution >= 0.6 is 27.7 Å². The van der Waals surface area contributed by atoms with Crippen molar-refractivity contribution in [2.75, 3.05) is 18.8 Å². The van der Waals surface area contributed by atoms with Gasteiger partial charge in [-0.1, -0.05) is 22.9 Å². The number of thioether (sulfide) groups is 1. The Morgan fingerprint density at radius 3 is 2.50 bits per heavy atom. The van der Waals surface area contributed by atoms with Gasteiger partial charge in [-0.15, -0.1) is 0 Å². The van der Waals surface area contributed by atoms with Gasteiger partial charge < -0.3 is 5.32 Å². The molecule has 0 fully saturated rings. The van der Waals surface area contributed by atoms with Gasteiger partial charge in [0, 0.05) is 17.1 Å². The molecule has 0 aliphatic rings. The van der Waals surface area contributed by atoms with E-state index >= 15 is 0 Å². The highest BCUT2D eigenvalue weighted by Crippen LogP contribution is 2.29. The molecule has 1 unspecified atom stereocenters. The zero-order valence-corrected chi connectivity index (χ0v) is 10.4. The Labute approximate surface area is 95.3 Å². The van der Waals surface area contributed by atoms with Gasteiger partial charge in [0.1, 0.15) is 0 Å². The van der Waals surface area contributed by atoms with Crippen LogP contribution in [0.1, 0.15) is 19.8 Å². The van der Waals surface area contributed by atoms with Gasteiger partial charge in [0.25, 0.3) is 0 Å². The van der Waals surface area contributed by atoms with Crippen molar-refractivity contribution < 1.29 is 13.2 Å². The second-order valence-electron chi connectivity index (χ2n) is 2.84. The van der Waals surface area contributed by atoms with Crippen LogP contribution in [0.5, 0.6) is 0 Å². The van der Waals surface area contributed by atoms with Crippen molar-refractivity contribution in [3.05, 3.63) is 0 Å².